The Bertz CT molecular complexity index is 669. The Morgan fingerprint density at radius 1 is 1.29 bits per heavy atom. The highest BCUT2D eigenvalue weighted by Crippen LogP contribution is 2.32. The van der Waals surface area contributed by atoms with Crippen molar-refractivity contribution < 1.29 is 4.74 Å². The molecule has 0 spiro atoms. The summed E-state index contributed by atoms with van der Waals surface area (Å²) in [6.07, 6.45) is 4.63. The second-order valence-electron chi connectivity index (χ2n) is 5.73. The molecule has 110 valence electrons. The first kappa shape index (κ1) is 12.7. The highest BCUT2D eigenvalue weighted by molar-refractivity contribution is 5.48. The third kappa shape index (κ3) is 1.99. The van der Waals surface area contributed by atoms with Crippen LogP contribution in [0.25, 0.3) is 0 Å². The van der Waals surface area contributed by atoms with Crippen molar-refractivity contribution in [1.82, 2.24) is 25.0 Å². The third-order valence-corrected chi connectivity index (χ3v) is 4.54. The summed E-state index contributed by atoms with van der Waals surface area (Å²) < 4.78 is 7.96. The van der Waals surface area contributed by atoms with Crippen LogP contribution in [0, 0.1) is 13.8 Å². The fourth-order valence-corrected chi connectivity index (χ4v) is 3.22. The molecule has 4 heterocycles. The van der Waals surface area contributed by atoms with E-state index in [9.17, 15) is 0 Å². The number of anilines is 1. The fraction of sp³-hybridized carbons (Fsp3) is 0.571. The third-order valence-electron chi connectivity index (χ3n) is 4.54. The number of hydrogen-bond acceptors (Lipinski definition) is 6. The van der Waals surface area contributed by atoms with Crippen molar-refractivity contribution in [3.63, 3.8) is 0 Å². The maximum atomic E-state index is 5.94. The number of aromatic nitrogens is 5. The number of hydrogen-bond donors (Lipinski definition) is 0. The Labute approximate surface area is 123 Å². The normalized spacial score (nSPS) is 24.6. The van der Waals surface area contributed by atoms with Crippen LogP contribution in [-0.4, -0.2) is 44.2 Å². The highest BCUT2D eigenvalue weighted by atomic mass is 16.5. The summed E-state index contributed by atoms with van der Waals surface area (Å²) in [5.74, 6) is 1.02. The summed E-state index contributed by atoms with van der Waals surface area (Å²) >= 11 is 0. The molecule has 0 bridgehead atoms. The minimum atomic E-state index is 0.208. The number of fused-ring (bicyclic) bond motifs is 3. The molecule has 2 aromatic heterocycles. The molecule has 4 rings (SSSR count). The van der Waals surface area contributed by atoms with Gasteiger partial charge in [-0.3, -0.25) is 0 Å². The average Bonchev–Trinajstić information content (AvgIpc) is 2.98. The summed E-state index contributed by atoms with van der Waals surface area (Å²) in [6, 6.07) is 0.208. The largest absolute Gasteiger partial charge is 0.370 e. The first-order valence-corrected chi connectivity index (χ1v) is 7.28. The number of ether oxygens (including phenoxy) is 1. The van der Waals surface area contributed by atoms with Gasteiger partial charge < -0.3 is 9.64 Å². The van der Waals surface area contributed by atoms with Crippen molar-refractivity contribution in [2.75, 3.05) is 18.0 Å². The van der Waals surface area contributed by atoms with Crippen molar-refractivity contribution >= 4 is 5.82 Å². The van der Waals surface area contributed by atoms with Gasteiger partial charge in [0.25, 0.3) is 0 Å². The van der Waals surface area contributed by atoms with Gasteiger partial charge in [0.15, 0.2) is 0 Å². The number of aryl methyl sites for hydroxylation is 1. The quantitative estimate of drug-likeness (QED) is 0.780. The minimum Gasteiger partial charge on any atom is -0.370 e. The maximum Gasteiger partial charge on any atom is 0.135 e. The zero-order chi connectivity index (χ0) is 14.4. The summed E-state index contributed by atoms with van der Waals surface area (Å²) in [6.45, 7) is 6.50. The topological polar surface area (TPSA) is 69.0 Å². The minimum absolute atomic E-state index is 0.208. The number of rotatable bonds is 1. The molecule has 7 heteroatoms. The fourth-order valence-electron chi connectivity index (χ4n) is 3.22. The molecule has 0 aromatic carbocycles. The molecular weight excluding hydrogens is 268 g/mol. The van der Waals surface area contributed by atoms with Crippen molar-refractivity contribution in [3.05, 3.63) is 29.5 Å². The molecule has 0 radical (unpaired) electrons. The van der Waals surface area contributed by atoms with Crippen LogP contribution in [0.1, 0.15) is 29.4 Å². The SMILES string of the molecule is Cc1ncnc(N2CC[C@@H]3OCc4cnnn4[C@H]3C2)c1C. The van der Waals surface area contributed by atoms with E-state index in [1.54, 1.807) is 12.5 Å². The molecular formula is C14H18N6O. The highest BCUT2D eigenvalue weighted by Gasteiger charge is 2.37. The maximum absolute atomic E-state index is 5.94. The standard InChI is InChI=1S/C14H18N6O/c1-9-10(2)15-8-16-14(9)19-4-3-13-12(6-19)20-11(7-21-13)5-17-18-20/h5,8,12-13H,3-4,6-7H2,1-2H3/t12-,13-/m0/s1. The molecule has 0 unspecified atom stereocenters. The van der Waals surface area contributed by atoms with Crippen LogP contribution in [0.15, 0.2) is 12.5 Å². The Morgan fingerprint density at radius 3 is 3.10 bits per heavy atom. The summed E-state index contributed by atoms with van der Waals surface area (Å²) in [4.78, 5) is 11.0. The second-order valence-corrected chi connectivity index (χ2v) is 5.73. The van der Waals surface area contributed by atoms with Crippen LogP contribution < -0.4 is 4.90 Å². The van der Waals surface area contributed by atoms with Gasteiger partial charge >= 0.3 is 0 Å². The smallest absolute Gasteiger partial charge is 0.135 e. The van der Waals surface area contributed by atoms with Gasteiger partial charge in [-0.15, -0.1) is 5.10 Å². The molecule has 2 aromatic rings. The van der Waals surface area contributed by atoms with E-state index in [1.165, 1.54) is 0 Å². The predicted molar refractivity (Wildman–Crippen MR) is 76.0 cm³/mol. The van der Waals surface area contributed by atoms with E-state index in [1.807, 2.05) is 11.6 Å². The van der Waals surface area contributed by atoms with E-state index in [-0.39, 0.29) is 12.1 Å². The number of nitrogens with zero attached hydrogens (tertiary/aromatic N) is 6. The van der Waals surface area contributed by atoms with Crippen LogP contribution in [0.3, 0.4) is 0 Å². The van der Waals surface area contributed by atoms with Gasteiger partial charge in [0.1, 0.15) is 12.1 Å². The Morgan fingerprint density at radius 2 is 2.19 bits per heavy atom. The zero-order valence-electron chi connectivity index (χ0n) is 12.2. The molecule has 0 N–H and O–H groups in total. The Hall–Kier alpha value is -2.02. The van der Waals surface area contributed by atoms with E-state index in [0.29, 0.717) is 6.61 Å². The number of piperidine rings is 1. The lowest BCUT2D eigenvalue weighted by molar-refractivity contribution is -0.0373. The zero-order valence-corrected chi connectivity index (χ0v) is 12.2. The molecule has 2 atom stereocenters. The van der Waals surface area contributed by atoms with E-state index < -0.39 is 0 Å². The summed E-state index contributed by atoms with van der Waals surface area (Å²) in [7, 11) is 0. The Kier molecular flexibility index (Phi) is 2.88. The van der Waals surface area contributed by atoms with Gasteiger partial charge in [-0.1, -0.05) is 5.21 Å². The van der Waals surface area contributed by atoms with Crippen molar-refractivity contribution in [2.24, 2.45) is 0 Å². The molecule has 0 saturated carbocycles. The van der Waals surface area contributed by atoms with Crippen LogP contribution in [-0.2, 0) is 11.3 Å². The lowest BCUT2D eigenvalue weighted by atomic mass is 10.00. The summed E-state index contributed by atoms with van der Waals surface area (Å²) in [5.41, 5.74) is 3.23. The van der Waals surface area contributed by atoms with Crippen molar-refractivity contribution in [2.45, 2.75) is 39.0 Å². The molecule has 2 aliphatic rings. The van der Waals surface area contributed by atoms with Crippen LogP contribution in [0.4, 0.5) is 5.82 Å². The van der Waals surface area contributed by atoms with E-state index in [4.69, 9.17) is 4.74 Å². The first-order chi connectivity index (χ1) is 10.2. The monoisotopic (exact) mass is 286 g/mol. The van der Waals surface area contributed by atoms with E-state index in [0.717, 1.165) is 42.3 Å². The van der Waals surface area contributed by atoms with Gasteiger partial charge in [0.05, 0.1) is 30.6 Å². The lowest BCUT2D eigenvalue weighted by Gasteiger charge is -2.41. The molecule has 2 aliphatic heterocycles. The molecule has 1 fully saturated rings. The van der Waals surface area contributed by atoms with Gasteiger partial charge in [0.2, 0.25) is 0 Å². The van der Waals surface area contributed by atoms with Gasteiger partial charge in [-0.05, 0) is 20.3 Å². The second kappa shape index (κ2) is 4.77. The lowest BCUT2D eigenvalue weighted by Crippen LogP contribution is -2.48. The van der Waals surface area contributed by atoms with E-state index in [2.05, 4.69) is 32.1 Å². The summed E-state index contributed by atoms with van der Waals surface area (Å²) in [5, 5.41) is 8.25. The molecule has 0 amide bonds. The predicted octanol–water partition coefficient (Wildman–Crippen LogP) is 1.04. The Balaban J connectivity index is 1.66. The van der Waals surface area contributed by atoms with E-state index >= 15 is 0 Å². The average molecular weight is 286 g/mol. The first-order valence-electron chi connectivity index (χ1n) is 7.28. The molecule has 1 saturated heterocycles. The van der Waals surface area contributed by atoms with Gasteiger partial charge in [-0.25, -0.2) is 14.6 Å². The van der Waals surface area contributed by atoms with Crippen LogP contribution >= 0.6 is 0 Å². The van der Waals surface area contributed by atoms with Gasteiger partial charge in [-0.2, -0.15) is 0 Å². The molecule has 0 aliphatic carbocycles. The van der Waals surface area contributed by atoms with Crippen LogP contribution in [0.5, 0.6) is 0 Å². The van der Waals surface area contributed by atoms with Crippen molar-refractivity contribution in [3.8, 4) is 0 Å². The molecule has 21 heavy (non-hydrogen) atoms. The van der Waals surface area contributed by atoms with Crippen molar-refractivity contribution in [1.29, 1.82) is 0 Å². The molecule has 7 nitrogen and oxygen atoms in total. The van der Waals surface area contributed by atoms with Crippen LogP contribution in [0.2, 0.25) is 0 Å². The van der Waals surface area contributed by atoms with Gasteiger partial charge in [0, 0.05) is 24.3 Å².